The Morgan fingerprint density at radius 3 is 2.95 bits per heavy atom. The maximum absolute atomic E-state index is 12.7. The highest BCUT2D eigenvalue weighted by atomic mass is 19.3. The number of aromatic nitrogens is 3. The molecule has 0 fully saturated rings. The van der Waals surface area contributed by atoms with Gasteiger partial charge in [0.2, 0.25) is 0 Å². The first-order valence-electron chi connectivity index (χ1n) is 6.13. The van der Waals surface area contributed by atoms with Crippen molar-refractivity contribution in [1.29, 1.82) is 0 Å². The molecule has 100 valence electrons. The van der Waals surface area contributed by atoms with Gasteiger partial charge in [0.15, 0.2) is 5.65 Å². The minimum Gasteiger partial charge on any atom is -0.493 e. The van der Waals surface area contributed by atoms with Crippen LogP contribution in [0.1, 0.15) is 43.1 Å². The van der Waals surface area contributed by atoms with Gasteiger partial charge in [0, 0.05) is 18.2 Å². The number of hydrogen-bond acceptors (Lipinski definition) is 3. The number of halogens is 2. The van der Waals surface area contributed by atoms with E-state index in [0.29, 0.717) is 12.3 Å². The molecule has 2 aromatic rings. The van der Waals surface area contributed by atoms with Gasteiger partial charge in [-0.1, -0.05) is 6.92 Å². The van der Waals surface area contributed by atoms with Gasteiger partial charge in [-0.25, -0.2) is 18.3 Å². The van der Waals surface area contributed by atoms with Gasteiger partial charge in [0.25, 0.3) is 6.43 Å². The second kappa shape index (κ2) is 4.29. The summed E-state index contributed by atoms with van der Waals surface area (Å²) < 4.78 is 32.4. The minimum absolute atomic E-state index is 0.0625. The van der Waals surface area contributed by atoms with E-state index in [4.69, 9.17) is 4.74 Å². The van der Waals surface area contributed by atoms with E-state index in [0.717, 1.165) is 17.0 Å². The molecule has 0 N–H and O–H groups in total. The summed E-state index contributed by atoms with van der Waals surface area (Å²) in [6.45, 7) is 4.43. The summed E-state index contributed by atoms with van der Waals surface area (Å²) in [4.78, 5) is 4.17. The van der Waals surface area contributed by atoms with Gasteiger partial charge in [0.05, 0.1) is 17.9 Å². The molecule has 0 spiro atoms. The number of allylic oxidation sites excluding steroid dienone is 1. The van der Waals surface area contributed by atoms with Crippen LogP contribution in [0.4, 0.5) is 8.78 Å². The predicted molar refractivity (Wildman–Crippen MR) is 66.0 cm³/mol. The first kappa shape index (κ1) is 12.1. The van der Waals surface area contributed by atoms with E-state index in [-0.39, 0.29) is 11.6 Å². The lowest BCUT2D eigenvalue weighted by Crippen LogP contribution is -2.04. The van der Waals surface area contributed by atoms with E-state index in [9.17, 15) is 8.78 Å². The highest BCUT2D eigenvalue weighted by Gasteiger charge is 2.26. The van der Waals surface area contributed by atoms with Crippen molar-refractivity contribution in [2.45, 2.75) is 26.2 Å². The van der Waals surface area contributed by atoms with Crippen LogP contribution < -0.4 is 0 Å². The van der Waals surface area contributed by atoms with E-state index in [1.54, 1.807) is 6.20 Å². The van der Waals surface area contributed by atoms with E-state index >= 15 is 0 Å². The Kier molecular flexibility index (Phi) is 2.73. The lowest BCUT2D eigenvalue weighted by molar-refractivity contribution is 0.145. The van der Waals surface area contributed by atoms with Crippen LogP contribution >= 0.6 is 0 Å². The van der Waals surface area contributed by atoms with Crippen LogP contribution in [0.2, 0.25) is 0 Å². The van der Waals surface area contributed by atoms with Gasteiger partial charge in [-0.15, -0.1) is 0 Å². The van der Waals surface area contributed by atoms with Crippen LogP contribution in [0.15, 0.2) is 18.3 Å². The SMILES string of the molecule is CCOC1=CC(C)c2c1cnc1cc(C(F)F)nn21. The van der Waals surface area contributed by atoms with Gasteiger partial charge in [-0.05, 0) is 13.0 Å². The Hall–Kier alpha value is -1.98. The molecule has 1 unspecified atom stereocenters. The molecular weight excluding hydrogens is 252 g/mol. The van der Waals surface area contributed by atoms with Crippen molar-refractivity contribution in [1.82, 2.24) is 14.6 Å². The Balaban J connectivity index is 2.18. The molecule has 1 aliphatic rings. The molecule has 6 heteroatoms. The van der Waals surface area contributed by atoms with Crippen molar-refractivity contribution < 1.29 is 13.5 Å². The van der Waals surface area contributed by atoms with Crippen LogP contribution in [0.5, 0.6) is 0 Å². The topological polar surface area (TPSA) is 39.4 Å². The zero-order chi connectivity index (χ0) is 13.6. The Morgan fingerprint density at radius 2 is 2.26 bits per heavy atom. The number of ether oxygens (including phenoxy) is 1. The molecule has 1 atom stereocenters. The summed E-state index contributed by atoms with van der Waals surface area (Å²) in [7, 11) is 0. The Bertz CT molecular complexity index is 663. The number of alkyl halides is 2. The maximum atomic E-state index is 12.7. The van der Waals surface area contributed by atoms with Crippen molar-refractivity contribution in [3.8, 4) is 0 Å². The molecular formula is C13H13F2N3O. The van der Waals surface area contributed by atoms with E-state index in [1.807, 2.05) is 19.9 Å². The summed E-state index contributed by atoms with van der Waals surface area (Å²) in [6.07, 6.45) is 1.03. The molecule has 3 rings (SSSR count). The first-order chi connectivity index (χ1) is 9.11. The van der Waals surface area contributed by atoms with Crippen LogP contribution in [0.25, 0.3) is 11.4 Å². The number of fused-ring (bicyclic) bond motifs is 3. The highest BCUT2D eigenvalue weighted by molar-refractivity contribution is 5.69. The molecule has 1 aliphatic carbocycles. The fourth-order valence-corrected chi connectivity index (χ4v) is 2.38. The zero-order valence-electron chi connectivity index (χ0n) is 10.6. The first-order valence-corrected chi connectivity index (χ1v) is 6.13. The lowest BCUT2D eigenvalue weighted by Gasteiger charge is -2.08. The molecule has 0 saturated heterocycles. The number of rotatable bonds is 3. The van der Waals surface area contributed by atoms with Crippen LogP contribution in [0, 0.1) is 0 Å². The number of hydrogen-bond donors (Lipinski definition) is 0. The molecule has 0 bridgehead atoms. The third kappa shape index (κ3) is 1.78. The summed E-state index contributed by atoms with van der Waals surface area (Å²) in [5, 5.41) is 3.94. The molecule has 2 aromatic heterocycles. The summed E-state index contributed by atoms with van der Waals surface area (Å²) in [5.74, 6) is 0.806. The van der Waals surface area contributed by atoms with Crippen LogP contribution in [0.3, 0.4) is 0 Å². The van der Waals surface area contributed by atoms with Gasteiger partial charge >= 0.3 is 0 Å². The van der Waals surface area contributed by atoms with E-state index < -0.39 is 6.43 Å². The van der Waals surface area contributed by atoms with E-state index in [2.05, 4.69) is 10.1 Å². The minimum atomic E-state index is -2.59. The normalized spacial score (nSPS) is 17.9. The van der Waals surface area contributed by atoms with Gasteiger partial charge < -0.3 is 4.74 Å². The van der Waals surface area contributed by atoms with Gasteiger partial charge in [0.1, 0.15) is 11.5 Å². The quantitative estimate of drug-likeness (QED) is 0.855. The highest BCUT2D eigenvalue weighted by Crippen LogP contribution is 2.36. The third-order valence-corrected chi connectivity index (χ3v) is 3.16. The standard InChI is InChI=1S/C13H13F2N3O/c1-3-19-10-4-7(2)12-8(10)6-16-11-5-9(13(14)15)17-18(11)12/h4-7,13H,3H2,1-2H3. The second-order valence-corrected chi connectivity index (χ2v) is 4.45. The molecule has 0 saturated carbocycles. The summed E-state index contributed by atoms with van der Waals surface area (Å²) in [6, 6.07) is 1.32. The van der Waals surface area contributed by atoms with Gasteiger partial charge in [-0.3, -0.25) is 0 Å². The molecule has 4 nitrogen and oxygen atoms in total. The van der Waals surface area contributed by atoms with Crippen molar-refractivity contribution in [2.24, 2.45) is 0 Å². The van der Waals surface area contributed by atoms with Crippen LogP contribution in [-0.2, 0) is 4.74 Å². The van der Waals surface area contributed by atoms with E-state index in [1.165, 1.54) is 10.6 Å². The maximum Gasteiger partial charge on any atom is 0.282 e. The molecule has 0 amide bonds. The fraction of sp³-hybridized carbons (Fsp3) is 0.385. The second-order valence-electron chi connectivity index (χ2n) is 4.45. The fourth-order valence-electron chi connectivity index (χ4n) is 2.38. The van der Waals surface area contributed by atoms with Gasteiger partial charge in [-0.2, -0.15) is 5.10 Å². The largest absolute Gasteiger partial charge is 0.493 e. The Labute approximate surface area is 108 Å². The summed E-state index contributed by atoms with van der Waals surface area (Å²) in [5.41, 5.74) is 1.86. The molecule has 0 aliphatic heterocycles. The van der Waals surface area contributed by atoms with Crippen molar-refractivity contribution >= 4 is 11.4 Å². The van der Waals surface area contributed by atoms with Crippen molar-refractivity contribution in [3.05, 3.63) is 35.3 Å². The predicted octanol–water partition coefficient (Wildman–Crippen LogP) is 3.16. The smallest absolute Gasteiger partial charge is 0.282 e. The van der Waals surface area contributed by atoms with Crippen molar-refractivity contribution in [3.63, 3.8) is 0 Å². The Morgan fingerprint density at radius 1 is 1.47 bits per heavy atom. The average Bonchev–Trinajstić information content (AvgIpc) is 2.91. The average molecular weight is 265 g/mol. The molecule has 0 radical (unpaired) electrons. The molecule has 19 heavy (non-hydrogen) atoms. The van der Waals surface area contributed by atoms with Crippen LogP contribution in [-0.4, -0.2) is 21.2 Å². The lowest BCUT2D eigenvalue weighted by atomic mass is 10.1. The molecule has 0 aromatic carbocycles. The van der Waals surface area contributed by atoms with Crippen molar-refractivity contribution in [2.75, 3.05) is 6.61 Å². The summed E-state index contributed by atoms with van der Waals surface area (Å²) >= 11 is 0. The number of nitrogens with zero attached hydrogens (tertiary/aromatic N) is 3. The molecule has 2 heterocycles. The third-order valence-electron chi connectivity index (χ3n) is 3.16. The zero-order valence-corrected chi connectivity index (χ0v) is 10.6. The monoisotopic (exact) mass is 265 g/mol.